The van der Waals surface area contributed by atoms with E-state index < -0.39 is 22.3 Å². The molecule has 0 fully saturated rings. The molecule has 21 heavy (non-hydrogen) atoms. The van der Waals surface area contributed by atoms with Gasteiger partial charge in [0.1, 0.15) is 28.3 Å². The minimum Gasteiger partial charge on any atom is -0.478 e. The van der Waals surface area contributed by atoms with Gasteiger partial charge in [-0.2, -0.15) is 0 Å². The molecule has 0 spiro atoms. The zero-order chi connectivity index (χ0) is 15.6. The smallest absolute Gasteiger partial charge is 0.339 e. The molecule has 0 saturated carbocycles. The summed E-state index contributed by atoms with van der Waals surface area (Å²) < 4.78 is 18.2. The van der Waals surface area contributed by atoms with Crippen molar-refractivity contribution in [3.05, 3.63) is 57.0 Å². The normalized spacial score (nSPS) is 10.2. The molecule has 0 radical (unpaired) electrons. The van der Waals surface area contributed by atoms with E-state index >= 15 is 0 Å². The Labute approximate surface area is 121 Å². The Balaban J connectivity index is 2.39. The van der Waals surface area contributed by atoms with Crippen molar-refractivity contribution in [2.45, 2.75) is 0 Å². The van der Waals surface area contributed by atoms with Gasteiger partial charge in [0.15, 0.2) is 0 Å². The van der Waals surface area contributed by atoms with Gasteiger partial charge in [0.25, 0.3) is 5.69 Å². The van der Waals surface area contributed by atoms with Gasteiger partial charge >= 0.3 is 5.97 Å². The van der Waals surface area contributed by atoms with Gasteiger partial charge in [0.2, 0.25) is 5.88 Å². The molecule has 0 bridgehead atoms. The third kappa shape index (κ3) is 3.23. The molecule has 0 unspecified atom stereocenters. The van der Waals surface area contributed by atoms with Crippen LogP contribution in [-0.2, 0) is 0 Å². The van der Waals surface area contributed by atoms with Crippen molar-refractivity contribution in [2.75, 3.05) is 0 Å². The molecule has 0 aliphatic rings. The number of carboxylic acid groups (broad SMARTS) is 1. The van der Waals surface area contributed by atoms with E-state index in [1.807, 2.05) is 0 Å². The summed E-state index contributed by atoms with van der Waals surface area (Å²) in [6, 6.07) is 3.88. The van der Waals surface area contributed by atoms with Gasteiger partial charge < -0.3 is 9.84 Å². The molecule has 1 N–H and O–H groups in total. The Hall–Kier alpha value is -2.74. The number of rotatable bonds is 4. The summed E-state index contributed by atoms with van der Waals surface area (Å²) >= 11 is 5.77. The first-order valence-corrected chi connectivity index (χ1v) is 5.77. The van der Waals surface area contributed by atoms with Gasteiger partial charge in [-0.15, -0.1) is 0 Å². The summed E-state index contributed by atoms with van der Waals surface area (Å²) in [5, 5.41) is 19.3. The molecule has 1 heterocycles. The highest BCUT2D eigenvalue weighted by Gasteiger charge is 2.17. The van der Waals surface area contributed by atoms with Crippen LogP contribution in [0.15, 0.2) is 30.5 Å². The Bertz CT molecular complexity index is 738. The third-order valence-corrected chi connectivity index (χ3v) is 2.65. The fraction of sp³-hybridized carbons (Fsp3) is 0. The third-order valence-electron chi connectivity index (χ3n) is 2.38. The monoisotopic (exact) mass is 312 g/mol. The first-order chi connectivity index (χ1) is 9.88. The van der Waals surface area contributed by atoms with Crippen molar-refractivity contribution in [3.8, 4) is 11.6 Å². The highest BCUT2D eigenvalue weighted by Crippen LogP contribution is 2.31. The lowest BCUT2D eigenvalue weighted by atomic mass is 10.2. The molecule has 108 valence electrons. The van der Waals surface area contributed by atoms with Gasteiger partial charge in [-0.05, 0) is 18.2 Å². The molecule has 2 aromatic rings. The number of benzene rings is 1. The predicted octanol–water partition coefficient (Wildman–Crippen LogP) is 3.27. The fourth-order valence-electron chi connectivity index (χ4n) is 1.45. The Morgan fingerprint density at radius 3 is 2.71 bits per heavy atom. The van der Waals surface area contributed by atoms with Crippen LogP contribution in [0.1, 0.15) is 10.4 Å². The zero-order valence-corrected chi connectivity index (χ0v) is 10.9. The zero-order valence-electron chi connectivity index (χ0n) is 10.1. The molecular formula is C12H6ClFN2O5. The molecule has 0 aliphatic carbocycles. The van der Waals surface area contributed by atoms with Crippen LogP contribution in [0.5, 0.6) is 11.6 Å². The van der Waals surface area contributed by atoms with E-state index in [1.54, 1.807) is 0 Å². The number of nitrogens with zero attached hydrogens (tertiary/aromatic N) is 2. The Kier molecular flexibility index (Phi) is 3.99. The SMILES string of the molecule is O=C(O)c1cc(F)ccc1Oc1ncc([N+](=O)[O-])cc1Cl. The number of ether oxygens (including phenoxy) is 1. The van der Waals surface area contributed by atoms with E-state index in [4.69, 9.17) is 21.4 Å². The summed E-state index contributed by atoms with van der Waals surface area (Å²) in [4.78, 5) is 24.5. The maximum absolute atomic E-state index is 13.0. The van der Waals surface area contributed by atoms with Crippen molar-refractivity contribution in [1.29, 1.82) is 0 Å². The van der Waals surface area contributed by atoms with Crippen LogP contribution in [0.2, 0.25) is 5.02 Å². The summed E-state index contributed by atoms with van der Waals surface area (Å²) in [6.07, 6.45) is 0.908. The minimum atomic E-state index is -1.40. The molecule has 1 aromatic heterocycles. The maximum Gasteiger partial charge on any atom is 0.339 e. The first-order valence-electron chi connectivity index (χ1n) is 5.39. The summed E-state index contributed by atoms with van der Waals surface area (Å²) in [6.45, 7) is 0. The van der Waals surface area contributed by atoms with Crippen molar-refractivity contribution in [2.24, 2.45) is 0 Å². The van der Waals surface area contributed by atoms with Crippen molar-refractivity contribution in [1.82, 2.24) is 4.98 Å². The van der Waals surface area contributed by atoms with Crippen LogP contribution in [-0.4, -0.2) is 21.0 Å². The van der Waals surface area contributed by atoms with Crippen molar-refractivity contribution in [3.63, 3.8) is 0 Å². The average molecular weight is 313 g/mol. The lowest BCUT2D eigenvalue weighted by Gasteiger charge is -2.08. The number of pyridine rings is 1. The van der Waals surface area contributed by atoms with E-state index in [-0.39, 0.29) is 22.3 Å². The average Bonchev–Trinajstić information content (AvgIpc) is 2.42. The molecular weight excluding hydrogens is 307 g/mol. The van der Waals surface area contributed by atoms with E-state index in [9.17, 15) is 19.3 Å². The van der Waals surface area contributed by atoms with Crippen LogP contribution < -0.4 is 4.74 Å². The molecule has 1 aromatic carbocycles. The second-order valence-corrected chi connectivity index (χ2v) is 4.19. The quantitative estimate of drug-likeness (QED) is 0.686. The molecule has 0 atom stereocenters. The summed E-state index contributed by atoms with van der Waals surface area (Å²) in [7, 11) is 0. The van der Waals surface area contributed by atoms with Gasteiger partial charge in [-0.1, -0.05) is 11.6 Å². The Morgan fingerprint density at radius 2 is 2.14 bits per heavy atom. The number of aromatic carboxylic acids is 1. The van der Waals surface area contributed by atoms with Gasteiger partial charge in [0, 0.05) is 6.07 Å². The minimum absolute atomic E-state index is 0.176. The number of nitro groups is 1. The number of hydrogen-bond donors (Lipinski definition) is 1. The molecule has 7 nitrogen and oxygen atoms in total. The summed E-state index contributed by atoms with van der Waals surface area (Å²) in [5.41, 5.74) is -0.767. The topological polar surface area (TPSA) is 103 Å². The first kappa shape index (κ1) is 14.7. The Morgan fingerprint density at radius 1 is 1.43 bits per heavy atom. The van der Waals surface area contributed by atoms with Gasteiger partial charge in [-0.3, -0.25) is 10.1 Å². The standard InChI is InChI=1S/C12H6ClFN2O5/c13-9-4-7(16(19)20)5-15-11(9)21-10-2-1-6(14)3-8(10)12(17)18/h1-5H,(H,17,18). The number of carbonyl (C=O) groups is 1. The second-order valence-electron chi connectivity index (χ2n) is 3.79. The molecule has 2 rings (SSSR count). The van der Waals surface area contributed by atoms with E-state index in [0.29, 0.717) is 0 Å². The molecule has 0 saturated heterocycles. The van der Waals surface area contributed by atoms with Crippen molar-refractivity contribution < 1.29 is 24.0 Å². The van der Waals surface area contributed by atoms with Crippen LogP contribution in [0.4, 0.5) is 10.1 Å². The van der Waals surface area contributed by atoms with Gasteiger partial charge in [0.05, 0.1) is 4.92 Å². The molecule has 9 heteroatoms. The molecule has 0 amide bonds. The highest BCUT2D eigenvalue weighted by atomic mass is 35.5. The molecule has 0 aliphatic heterocycles. The second kappa shape index (κ2) is 5.71. The number of halogens is 2. The van der Waals surface area contributed by atoms with E-state index in [2.05, 4.69) is 4.98 Å². The number of aromatic nitrogens is 1. The van der Waals surface area contributed by atoms with Crippen LogP contribution in [0, 0.1) is 15.9 Å². The van der Waals surface area contributed by atoms with E-state index in [1.165, 1.54) is 0 Å². The predicted molar refractivity (Wildman–Crippen MR) is 69.3 cm³/mol. The van der Waals surface area contributed by atoms with Gasteiger partial charge in [-0.25, -0.2) is 14.2 Å². The number of hydrogen-bond acceptors (Lipinski definition) is 5. The van der Waals surface area contributed by atoms with E-state index in [0.717, 1.165) is 30.5 Å². The van der Waals surface area contributed by atoms with Crippen molar-refractivity contribution >= 4 is 23.3 Å². The van der Waals surface area contributed by atoms with Crippen LogP contribution >= 0.6 is 11.6 Å². The fourth-order valence-corrected chi connectivity index (χ4v) is 1.65. The summed E-state index contributed by atoms with van der Waals surface area (Å²) in [5.74, 6) is -2.56. The van der Waals surface area contributed by atoms with Crippen LogP contribution in [0.3, 0.4) is 0 Å². The highest BCUT2D eigenvalue weighted by molar-refractivity contribution is 6.32. The lowest BCUT2D eigenvalue weighted by molar-refractivity contribution is -0.385. The lowest BCUT2D eigenvalue weighted by Crippen LogP contribution is -2.02. The maximum atomic E-state index is 13.0. The number of carboxylic acids is 1. The van der Waals surface area contributed by atoms with Crippen LogP contribution in [0.25, 0.3) is 0 Å². The largest absolute Gasteiger partial charge is 0.478 e.